The quantitative estimate of drug-likeness (QED) is 0.875. The minimum absolute atomic E-state index is 0.108. The van der Waals surface area contributed by atoms with E-state index < -0.39 is 0 Å². The molecule has 0 saturated heterocycles. The molecular formula is C18H24ClN5O. The second kappa shape index (κ2) is 7.54. The van der Waals surface area contributed by atoms with Gasteiger partial charge in [-0.25, -0.2) is 0 Å². The lowest BCUT2D eigenvalue weighted by Crippen LogP contribution is -2.34. The van der Waals surface area contributed by atoms with Gasteiger partial charge < -0.3 is 15.6 Å². The van der Waals surface area contributed by atoms with Gasteiger partial charge in [0, 0.05) is 30.3 Å². The normalized spacial score (nSPS) is 16.6. The number of carbonyl (C=O) groups excluding carboxylic acids is 1. The lowest BCUT2D eigenvalue weighted by Gasteiger charge is -2.16. The summed E-state index contributed by atoms with van der Waals surface area (Å²) in [5.74, 6) is 1.38. The molecule has 1 aromatic heterocycles. The standard InChI is InChI=1S/C18H24ClN5O/c1-11(12(2)20)18(25)21-13-7-8-15(19)14(10-13)17-23-22-16-6-4-3-5-9-24(16)17/h7-8,10-12H,3-6,9,20H2,1-2H3,(H,21,25). The van der Waals surface area contributed by atoms with Crippen LogP contribution in [0.4, 0.5) is 5.69 Å². The van der Waals surface area contributed by atoms with Gasteiger partial charge in [0.25, 0.3) is 0 Å². The molecule has 1 aliphatic rings. The summed E-state index contributed by atoms with van der Waals surface area (Å²) in [7, 11) is 0. The zero-order valence-corrected chi connectivity index (χ0v) is 15.4. The van der Waals surface area contributed by atoms with Crippen molar-refractivity contribution < 1.29 is 4.79 Å². The second-order valence-corrected chi connectivity index (χ2v) is 7.14. The van der Waals surface area contributed by atoms with Crippen LogP contribution >= 0.6 is 11.6 Å². The zero-order chi connectivity index (χ0) is 18.0. The number of hydrogen-bond acceptors (Lipinski definition) is 4. The molecule has 2 heterocycles. The molecule has 134 valence electrons. The van der Waals surface area contributed by atoms with Gasteiger partial charge in [-0.15, -0.1) is 10.2 Å². The van der Waals surface area contributed by atoms with Crippen molar-refractivity contribution in [2.45, 2.75) is 52.1 Å². The molecule has 0 saturated carbocycles. The molecule has 25 heavy (non-hydrogen) atoms. The third-order valence-electron chi connectivity index (χ3n) is 4.79. The van der Waals surface area contributed by atoms with Crippen LogP contribution in [0.3, 0.4) is 0 Å². The van der Waals surface area contributed by atoms with Crippen molar-refractivity contribution in [1.82, 2.24) is 14.8 Å². The lowest BCUT2D eigenvalue weighted by atomic mass is 10.0. The van der Waals surface area contributed by atoms with E-state index in [9.17, 15) is 4.79 Å². The number of aryl methyl sites for hydroxylation is 1. The summed E-state index contributed by atoms with van der Waals surface area (Å²) in [4.78, 5) is 12.3. The van der Waals surface area contributed by atoms with Gasteiger partial charge in [0.1, 0.15) is 5.82 Å². The second-order valence-electron chi connectivity index (χ2n) is 6.73. The number of halogens is 1. The molecule has 0 bridgehead atoms. The largest absolute Gasteiger partial charge is 0.327 e. The first kappa shape index (κ1) is 17.9. The van der Waals surface area contributed by atoms with Crippen LogP contribution in [-0.2, 0) is 17.8 Å². The Morgan fingerprint density at radius 3 is 2.84 bits per heavy atom. The zero-order valence-electron chi connectivity index (χ0n) is 14.6. The van der Waals surface area contributed by atoms with E-state index in [0.717, 1.165) is 43.0 Å². The Kier molecular flexibility index (Phi) is 5.39. The highest BCUT2D eigenvalue weighted by Crippen LogP contribution is 2.31. The van der Waals surface area contributed by atoms with Crippen LogP contribution in [0.25, 0.3) is 11.4 Å². The number of nitrogens with two attached hydrogens (primary N) is 1. The molecule has 0 aliphatic carbocycles. The van der Waals surface area contributed by atoms with Crippen molar-refractivity contribution in [3.8, 4) is 11.4 Å². The van der Waals surface area contributed by atoms with Crippen molar-refractivity contribution >= 4 is 23.2 Å². The van der Waals surface area contributed by atoms with Gasteiger partial charge in [-0.2, -0.15) is 0 Å². The lowest BCUT2D eigenvalue weighted by molar-refractivity contribution is -0.119. The Morgan fingerprint density at radius 1 is 1.28 bits per heavy atom. The van der Waals surface area contributed by atoms with E-state index in [2.05, 4.69) is 20.1 Å². The summed E-state index contributed by atoms with van der Waals surface area (Å²) in [6.07, 6.45) is 4.38. The van der Waals surface area contributed by atoms with Crippen molar-refractivity contribution in [2.24, 2.45) is 11.7 Å². The van der Waals surface area contributed by atoms with Crippen LogP contribution < -0.4 is 11.1 Å². The summed E-state index contributed by atoms with van der Waals surface area (Å²) in [6.45, 7) is 4.53. The van der Waals surface area contributed by atoms with Crippen molar-refractivity contribution in [3.05, 3.63) is 29.0 Å². The molecule has 2 atom stereocenters. The average Bonchev–Trinajstić information content (AvgIpc) is 2.83. The van der Waals surface area contributed by atoms with Gasteiger partial charge in [0.2, 0.25) is 5.91 Å². The minimum atomic E-state index is -0.275. The van der Waals surface area contributed by atoms with Gasteiger partial charge in [-0.05, 0) is 38.0 Å². The predicted octanol–water partition coefficient (Wildman–Crippen LogP) is 3.25. The van der Waals surface area contributed by atoms with Crippen LogP contribution in [0.2, 0.25) is 5.02 Å². The Morgan fingerprint density at radius 2 is 2.08 bits per heavy atom. The summed E-state index contributed by atoms with van der Waals surface area (Å²) < 4.78 is 2.14. The first-order chi connectivity index (χ1) is 12.0. The minimum Gasteiger partial charge on any atom is -0.327 e. The van der Waals surface area contributed by atoms with E-state index in [4.69, 9.17) is 17.3 Å². The summed E-state index contributed by atoms with van der Waals surface area (Å²) in [5.41, 5.74) is 7.28. The number of rotatable bonds is 4. The number of aromatic nitrogens is 3. The number of fused-ring (bicyclic) bond motifs is 1. The SMILES string of the molecule is CC(N)C(C)C(=O)Nc1ccc(Cl)c(-c2nnc3n2CCCCC3)c1. The van der Waals surface area contributed by atoms with E-state index in [0.29, 0.717) is 10.7 Å². The Labute approximate surface area is 152 Å². The molecule has 0 radical (unpaired) electrons. The molecule has 7 heteroatoms. The van der Waals surface area contributed by atoms with E-state index in [1.54, 1.807) is 12.1 Å². The number of benzene rings is 1. The predicted molar refractivity (Wildman–Crippen MR) is 99.5 cm³/mol. The first-order valence-corrected chi connectivity index (χ1v) is 9.13. The first-order valence-electron chi connectivity index (χ1n) is 8.76. The molecule has 1 aromatic carbocycles. The number of hydrogen-bond donors (Lipinski definition) is 2. The third-order valence-corrected chi connectivity index (χ3v) is 5.12. The van der Waals surface area contributed by atoms with Crippen molar-refractivity contribution in [3.63, 3.8) is 0 Å². The summed E-state index contributed by atoms with van der Waals surface area (Å²) in [5, 5.41) is 12.2. The Bertz CT molecular complexity index is 771. The van der Waals surface area contributed by atoms with Gasteiger partial charge in [0.05, 0.1) is 10.9 Å². The maximum absolute atomic E-state index is 12.3. The van der Waals surface area contributed by atoms with Crippen molar-refractivity contribution in [2.75, 3.05) is 5.32 Å². The molecule has 6 nitrogen and oxygen atoms in total. The fraction of sp³-hybridized carbons (Fsp3) is 0.500. The van der Waals surface area contributed by atoms with E-state index in [-0.39, 0.29) is 17.9 Å². The molecule has 3 N–H and O–H groups in total. The van der Waals surface area contributed by atoms with E-state index in [1.165, 1.54) is 6.42 Å². The molecule has 2 unspecified atom stereocenters. The van der Waals surface area contributed by atoms with Gasteiger partial charge in [-0.3, -0.25) is 4.79 Å². The van der Waals surface area contributed by atoms with E-state index in [1.807, 2.05) is 19.9 Å². The number of nitrogens with one attached hydrogen (secondary N) is 1. The summed E-state index contributed by atoms with van der Waals surface area (Å²) in [6, 6.07) is 5.22. The van der Waals surface area contributed by atoms with Crippen LogP contribution in [-0.4, -0.2) is 26.7 Å². The maximum atomic E-state index is 12.3. The highest BCUT2D eigenvalue weighted by molar-refractivity contribution is 6.33. The number of anilines is 1. The Balaban J connectivity index is 1.90. The number of amides is 1. The molecular weight excluding hydrogens is 338 g/mol. The summed E-state index contributed by atoms with van der Waals surface area (Å²) >= 11 is 6.41. The Hall–Kier alpha value is -1.92. The average molecular weight is 362 g/mol. The van der Waals surface area contributed by atoms with Crippen LogP contribution in [0.5, 0.6) is 0 Å². The fourth-order valence-corrected chi connectivity index (χ4v) is 3.16. The highest BCUT2D eigenvalue weighted by Gasteiger charge is 2.20. The van der Waals surface area contributed by atoms with Crippen LogP contribution in [0.1, 0.15) is 38.9 Å². The highest BCUT2D eigenvalue weighted by atomic mass is 35.5. The van der Waals surface area contributed by atoms with Gasteiger partial charge in [-0.1, -0.05) is 24.9 Å². The number of carbonyl (C=O) groups is 1. The van der Waals surface area contributed by atoms with Crippen molar-refractivity contribution in [1.29, 1.82) is 0 Å². The fourth-order valence-electron chi connectivity index (χ4n) is 2.95. The number of nitrogens with zero attached hydrogens (tertiary/aromatic N) is 3. The monoisotopic (exact) mass is 361 g/mol. The molecule has 1 amide bonds. The molecule has 1 aliphatic heterocycles. The third kappa shape index (κ3) is 3.85. The van der Waals surface area contributed by atoms with E-state index >= 15 is 0 Å². The molecule has 0 spiro atoms. The van der Waals surface area contributed by atoms with Gasteiger partial charge in [0.15, 0.2) is 5.82 Å². The molecule has 2 aromatic rings. The maximum Gasteiger partial charge on any atom is 0.228 e. The van der Waals surface area contributed by atoms with Gasteiger partial charge >= 0.3 is 0 Å². The molecule has 3 rings (SSSR count). The van der Waals surface area contributed by atoms with Crippen LogP contribution in [0, 0.1) is 5.92 Å². The molecule has 0 fully saturated rings. The van der Waals surface area contributed by atoms with Crippen LogP contribution in [0.15, 0.2) is 18.2 Å². The smallest absolute Gasteiger partial charge is 0.228 e. The topological polar surface area (TPSA) is 85.8 Å².